The van der Waals surface area contributed by atoms with Gasteiger partial charge in [-0.05, 0) is 43.6 Å². The van der Waals surface area contributed by atoms with Crippen LogP contribution < -0.4 is 5.32 Å². The lowest BCUT2D eigenvalue weighted by molar-refractivity contribution is -0.144. The van der Waals surface area contributed by atoms with Crippen molar-refractivity contribution in [3.63, 3.8) is 0 Å². The Hall–Kier alpha value is -1.98. The summed E-state index contributed by atoms with van der Waals surface area (Å²) in [5.74, 6) is -1.20. The quantitative estimate of drug-likeness (QED) is 0.861. The van der Waals surface area contributed by atoms with E-state index in [9.17, 15) is 14.7 Å². The number of carboxylic acids is 1. The third-order valence-electron chi connectivity index (χ3n) is 5.48. The SMILES string of the molecule is O=C(NCC(C(=O)O)C1CCCCC1)C1CCc2ncncc2C1. The zero-order valence-electron chi connectivity index (χ0n) is 13.9. The van der Waals surface area contributed by atoms with Gasteiger partial charge >= 0.3 is 5.97 Å². The maximum atomic E-state index is 12.5. The van der Waals surface area contributed by atoms with Crippen LogP contribution in [0.2, 0.25) is 0 Å². The van der Waals surface area contributed by atoms with Crippen LogP contribution in [0.1, 0.15) is 49.8 Å². The van der Waals surface area contributed by atoms with Gasteiger partial charge in [0.05, 0.1) is 5.92 Å². The summed E-state index contributed by atoms with van der Waals surface area (Å²) in [7, 11) is 0. The number of nitrogens with zero attached hydrogens (tertiary/aromatic N) is 2. The van der Waals surface area contributed by atoms with Crippen molar-refractivity contribution in [2.45, 2.75) is 51.4 Å². The first-order chi connectivity index (χ1) is 11.6. The molecular weight excluding hydrogens is 306 g/mol. The number of hydrogen-bond acceptors (Lipinski definition) is 4. The number of nitrogens with one attached hydrogen (secondary N) is 1. The van der Waals surface area contributed by atoms with E-state index in [1.54, 1.807) is 12.5 Å². The topological polar surface area (TPSA) is 92.2 Å². The highest BCUT2D eigenvalue weighted by molar-refractivity contribution is 5.80. The van der Waals surface area contributed by atoms with E-state index in [1.807, 2.05) is 0 Å². The first-order valence-corrected chi connectivity index (χ1v) is 8.93. The fraction of sp³-hybridized carbons (Fsp3) is 0.667. The number of aromatic nitrogens is 2. The summed E-state index contributed by atoms with van der Waals surface area (Å²) >= 11 is 0. The zero-order chi connectivity index (χ0) is 16.9. The van der Waals surface area contributed by atoms with Crippen LogP contribution in [0.5, 0.6) is 0 Å². The molecule has 1 aromatic heterocycles. The van der Waals surface area contributed by atoms with Gasteiger partial charge in [0, 0.05) is 24.4 Å². The lowest BCUT2D eigenvalue weighted by atomic mass is 9.79. The third-order valence-corrected chi connectivity index (χ3v) is 5.48. The third kappa shape index (κ3) is 3.91. The van der Waals surface area contributed by atoms with Crippen LogP contribution in [0, 0.1) is 17.8 Å². The van der Waals surface area contributed by atoms with Crippen molar-refractivity contribution in [2.75, 3.05) is 6.54 Å². The van der Waals surface area contributed by atoms with E-state index in [0.29, 0.717) is 6.42 Å². The molecular formula is C18H25N3O3. The predicted octanol–water partition coefficient (Wildman–Crippen LogP) is 1.98. The van der Waals surface area contributed by atoms with Crippen LogP contribution in [-0.2, 0) is 22.4 Å². The molecule has 2 aliphatic carbocycles. The van der Waals surface area contributed by atoms with E-state index in [1.165, 1.54) is 6.42 Å². The minimum absolute atomic E-state index is 0.0356. The van der Waals surface area contributed by atoms with Gasteiger partial charge in [-0.1, -0.05) is 19.3 Å². The van der Waals surface area contributed by atoms with E-state index < -0.39 is 11.9 Å². The van der Waals surface area contributed by atoms with Crippen molar-refractivity contribution in [3.05, 3.63) is 23.8 Å². The number of amides is 1. The summed E-state index contributed by atoms with van der Waals surface area (Å²) in [5, 5.41) is 12.4. The second-order valence-electron chi connectivity index (χ2n) is 7.02. The number of carboxylic acid groups (broad SMARTS) is 1. The van der Waals surface area contributed by atoms with E-state index >= 15 is 0 Å². The summed E-state index contributed by atoms with van der Waals surface area (Å²) in [6.07, 6.45) is 10.8. The molecule has 2 unspecified atom stereocenters. The molecule has 24 heavy (non-hydrogen) atoms. The van der Waals surface area contributed by atoms with Gasteiger partial charge in [0.15, 0.2) is 0 Å². The number of aliphatic carboxylic acids is 1. The highest BCUT2D eigenvalue weighted by atomic mass is 16.4. The van der Waals surface area contributed by atoms with Crippen LogP contribution >= 0.6 is 0 Å². The lowest BCUT2D eigenvalue weighted by Gasteiger charge is -2.28. The molecule has 2 aliphatic rings. The molecule has 2 atom stereocenters. The molecule has 3 rings (SSSR count). The van der Waals surface area contributed by atoms with Crippen molar-refractivity contribution in [1.82, 2.24) is 15.3 Å². The molecule has 0 aliphatic heterocycles. The molecule has 1 amide bonds. The molecule has 0 bridgehead atoms. The van der Waals surface area contributed by atoms with Gasteiger partial charge in [-0.15, -0.1) is 0 Å². The Morgan fingerprint density at radius 2 is 2.04 bits per heavy atom. The standard InChI is InChI=1S/C18H25N3O3/c22-17(13-6-7-16-14(8-13)9-19-11-21-16)20-10-15(18(23)24)12-4-2-1-3-5-12/h9,11-13,15H,1-8,10H2,(H,20,22)(H,23,24). The van der Waals surface area contributed by atoms with Gasteiger partial charge in [0.2, 0.25) is 5.91 Å². The molecule has 2 N–H and O–H groups in total. The Morgan fingerprint density at radius 1 is 1.25 bits per heavy atom. The molecule has 130 valence electrons. The Labute approximate surface area is 142 Å². The van der Waals surface area contributed by atoms with Gasteiger partial charge in [0.1, 0.15) is 6.33 Å². The van der Waals surface area contributed by atoms with Gasteiger partial charge in [0.25, 0.3) is 0 Å². The molecule has 1 aromatic rings. The number of aryl methyl sites for hydroxylation is 1. The molecule has 1 saturated carbocycles. The Balaban J connectivity index is 1.55. The molecule has 0 spiro atoms. The normalized spacial score (nSPS) is 22.4. The second kappa shape index (κ2) is 7.73. The Morgan fingerprint density at radius 3 is 2.79 bits per heavy atom. The smallest absolute Gasteiger partial charge is 0.308 e. The molecule has 6 heteroatoms. The maximum Gasteiger partial charge on any atom is 0.308 e. The number of carbonyl (C=O) groups excluding carboxylic acids is 1. The monoisotopic (exact) mass is 331 g/mol. The van der Waals surface area contributed by atoms with E-state index in [4.69, 9.17) is 0 Å². The summed E-state index contributed by atoms with van der Waals surface area (Å²) in [6, 6.07) is 0. The zero-order valence-corrected chi connectivity index (χ0v) is 13.9. The van der Waals surface area contributed by atoms with Crippen LogP contribution in [0.25, 0.3) is 0 Å². The molecule has 1 fully saturated rings. The van der Waals surface area contributed by atoms with Gasteiger partial charge in [-0.3, -0.25) is 9.59 Å². The fourth-order valence-electron chi connectivity index (χ4n) is 4.03. The Bertz CT molecular complexity index is 599. The van der Waals surface area contributed by atoms with Crippen LogP contribution in [0.4, 0.5) is 0 Å². The maximum absolute atomic E-state index is 12.5. The minimum atomic E-state index is -0.787. The van der Waals surface area contributed by atoms with Crippen LogP contribution in [-0.4, -0.2) is 33.5 Å². The molecule has 0 aromatic carbocycles. The van der Waals surface area contributed by atoms with Crippen LogP contribution in [0.15, 0.2) is 12.5 Å². The number of rotatable bonds is 5. The summed E-state index contributed by atoms with van der Waals surface area (Å²) < 4.78 is 0. The van der Waals surface area contributed by atoms with Crippen molar-refractivity contribution in [2.24, 2.45) is 17.8 Å². The highest BCUT2D eigenvalue weighted by Gasteiger charge is 2.31. The average Bonchev–Trinajstić information content (AvgIpc) is 2.62. The van der Waals surface area contributed by atoms with E-state index in [0.717, 1.165) is 49.8 Å². The van der Waals surface area contributed by atoms with Gasteiger partial charge < -0.3 is 10.4 Å². The lowest BCUT2D eigenvalue weighted by Crippen LogP contribution is -2.41. The van der Waals surface area contributed by atoms with Crippen LogP contribution in [0.3, 0.4) is 0 Å². The summed E-state index contributed by atoms with van der Waals surface area (Å²) in [6.45, 7) is 0.244. The predicted molar refractivity (Wildman–Crippen MR) is 88.3 cm³/mol. The number of carbonyl (C=O) groups is 2. The highest BCUT2D eigenvalue weighted by Crippen LogP contribution is 2.30. The van der Waals surface area contributed by atoms with Gasteiger partial charge in [-0.2, -0.15) is 0 Å². The van der Waals surface area contributed by atoms with Gasteiger partial charge in [-0.25, -0.2) is 9.97 Å². The molecule has 0 radical (unpaired) electrons. The number of hydrogen-bond donors (Lipinski definition) is 2. The van der Waals surface area contributed by atoms with E-state index in [-0.39, 0.29) is 24.3 Å². The van der Waals surface area contributed by atoms with E-state index in [2.05, 4.69) is 15.3 Å². The van der Waals surface area contributed by atoms with Crippen molar-refractivity contribution in [1.29, 1.82) is 0 Å². The Kier molecular flexibility index (Phi) is 5.43. The van der Waals surface area contributed by atoms with Crippen molar-refractivity contribution >= 4 is 11.9 Å². The molecule has 0 saturated heterocycles. The summed E-state index contributed by atoms with van der Waals surface area (Å²) in [5.41, 5.74) is 2.06. The average molecular weight is 331 g/mol. The minimum Gasteiger partial charge on any atom is -0.481 e. The largest absolute Gasteiger partial charge is 0.481 e. The molecule has 6 nitrogen and oxygen atoms in total. The number of fused-ring (bicyclic) bond motifs is 1. The van der Waals surface area contributed by atoms with Crippen molar-refractivity contribution in [3.8, 4) is 0 Å². The van der Waals surface area contributed by atoms with Crippen molar-refractivity contribution < 1.29 is 14.7 Å². The second-order valence-corrected chi connectivity index (χ2v) is 7.02. The fourth-order valence-corrected chi connectivity index (χ4v) is 4.03. The molecule has 1 heterocycles. The first kappa shape index (κ1) is 16.9. The summed E-state index contributed by atoms with van der Waals surface area (Å²) in [4.78, 5) is 32.3. The first-order valence-electron chi connectivity index (χ1n) is 8.93.